The van der Waals surface area contributed by atoms with Gasteiger partial charge < -0.3 is 9.84 Å². The van der Waals surface area contributed by atoms with Crippen molar-refractivity contribution in [3.05, 3.63) is 220 Å². The van der Waals surface area contributed by atoms with Gasteiger partial charge in [0.15, 0.2) is 0 Å². The largest absolute Gasteiger partial charge is 0.478 e. The normalized spacial score (nSPS) is 9.23. The van der Waals surface area contributed by atoms with Crippen molar-refractivity contribution >= 4 is 23.3 Å². The van der Waals surface area contributed by atoms with Crippen LogP contribution in [0.3, 0.4) is 0 Å². The molecule has 0 atom stereocenters. The lowest BCUT2D eigenvalue weighted by Crippen LogP contribution is -2.00. The molecular formula is C51H40N2O8. The molecule has 0 aliphatic rings. The van der Waals surface area contributed by atoms with Crippen LogP contribution in [-0.2, 0) is 4.74 Å². The zero-order valence-corrected chi connectivity index (χ0v) is 31.9. The minimum absolute atomic E-state index is 0. The number of aryl methyl sites for hydroxylation is 2. The fourth-order valence-electron chi connectivity index (χ4n) is 5.27. The number of hydrogen-bond acceptors (Lipinski definition) is 7. The lowest BCUT2D eigenvalue weighted by Gasteiger charge is -2.02. The number of nitrogens with zero attached hydrogens (tertiary/aromatic N) is 2. The number of carbonyl (C=O) groups excluding carboxylic acids is 1. The molecule has 0 bridgehead atoms. The van der Waals surface area contributed by atoms with Crippen molar-refractivity contribution in [1.29, 1.82) is 0 Å². The van der Waals surface area contributed by atoms with Crippen LogP contribution >= 0.6 is 0 Å². The van der Waals surface area contributed by atoms with Crippen LogP contribution in [0, 0.1) is 81.4 Å². The van der Waals surface area contributed by atoms with E-state index in [1.54, 1.807) is 48.5 Å². The number of nitro benzene ring substituents is 2. The molecule has 0 fully saturated rings. The van der Waals surface area contributed by atoms with E-state index in [9.17, 15) is 29.8 Å². The standard InChI is InChI=1S/C25H17NO4.C24H15NO4.2CH4/c1-18-16-23(15-11-20-8-12-21(13-9-20)25(27)30-2)24(26(28)29)17-22(18)14-10-19-6-4-3-5-7-19;1-17-15-22(14-10-19-7-11-20(12-8-19)24(26)27)23(25(28)29)16-21(17)13-9-18-5-3-2-4-6-18;;/h3-9,12-13,16-17H,1-2H3;2-8,11-12,15-16H,1H3,(H,26,27);2*1H4. The highest BCUT2D eigenvalue weighted by Crippen LogP contribution is 2.24. The lowest BCUT2D eigenvalue weighted by atomic mass is 10.0. The molecule has 6 rings (SSSR count). The summed E-state index contributed by atoms with van der Waals surface area (Å²) in [4.78, 5) is 44.5. The minimum atomic E-state index is -1.03. The summed E-state index contributed by atoms with van der Waals surface area (Å²) in [7, 11) is 1.31. The number of rotatable bonds is 4. The summed E-state index contributed by atoms with van der Waals surface area (Å²) in [6, 6.07) is 37.5. The molecule has 1 N–H and O–H groups in total. The third-order valence-corrected chi connectivity index (χ3v) is 8.43. The van der Waals surface area contributed by atoms with Crippen LogP contribution in [0.15, 0.2) is 133 Å². The number of carboxylic acids is 1. The van der Waals surface area contributed by atoms with E-state index in [1.807, 2.05) is 74.5 Å². The maximum absolute atomic E-state index is 11.6. The summed E-state index contributed by atoms with van der Waals surface area (Å²) in [6.45, 7) is 3.67. The highest BCUT2D eigenvalue weighted by atomic mass is 16.6. The number of carboxylic acid groups (broad SMARTS) is 1. The van der Waals surface area contributed by atoms with E-state index >= 15 is 0 Å². The van der Waals surface area contributed by atoms with E-state index in [-0.39, 0.29) is 37.4 Å². The molecule has 0 saturated carbocycles. The van der Waals surface area contributed by atoms with Gasteiger partial charge in [0.1, 0.15) is 11.1 Å². The first-order valence-electron chi connectivity index (χ1n) is 17.7. The number of nitro groups is 2. The van der Waals surface area contributed by atoms with Crippen molar-refractivity contribution in [2.45, 2.75) is 28.7 Å². The Balaban J connectivity index is 0.000000315. The number of methoxy groups -OCH3 is 1. The monoisotopic (exact) mass is 808 g/mol. The molecule has 61 heavy (non-hydrogen) atoms. The second-order valence-electron chi connectivity index (χ2n) is 12.6. The van der Waals surface area contributed by atoms with Crippen LogP contribution in [0.1, 0.15) is 91.2 Å². The molecule has 6 aromatic carbocycles. The Labute approximate surface area is 355 Å². The Hall–Kier alpha value is -8.70. The molecule has 10 nitrogen and oxygen atoms in total. The van der Waals surface area contributed by atoms with Gasteiger partial charge in [-0.2, -0.15) is 0 Å². The fourth-order valence-corrected chi connectivity index (χ4v) is 5.27. The number of benzene rings is 6. The van der Waals surface area contributed by atoms with Gasteiger partial charge in [-0.05, 0) is 110 Å². The van der Waals surface area contributed by atoms with Crippen molar-refractivity contribution in [3.63, 3.8) is 0 Å². The third kappa shape index (κ3) is 13.2. The molecule has 0 aliphatic heterocycles. The number of aromatic carboxylic acids is 1. The first-order chi connectivity index (χ1) is 28.4. The van der Waals surface area contributed by atoms with Crippen LogP contribution in [0.4, 0.5) is 11.4 Å². The number of carbonyl (C=O) groups is 2. The fraction of sp³-hybridized carbons (Fsp3) is 0.0980. The molecule has 0 heterocycles. The number of esters is 1. The maximum Gasteiger partial charge on any atom is 0.337 e. The summed E-state index contributed by atoms with van der Waals surface area (Å²) in [5, 5.41) is 32.0. The zero-order chi connectivity index (χ0) is 42.3. The third-order valence-electron chi connectivity index (χ3n) is 8.43. The van der Waals surface area contributed by atoms with Gasteiger partial charge in [0, 0.05) is 45.5 Å². The predicted octanol–water partition coefficient (Wildman–Crippen LogP) is 10.2. The van der Waals surface area contributed by atoms with E-state index in [0.717, 1.165) is 22.3 Å². The van der Waals surface area contributed by atoms with Gasteiger partial charge >= 0.3 is 11.9 Å². The number of hydrogen-bond donors (Lipinski definition) is 1. The van der Waals surface area contributed by atoms with Crippen LogP contribution in [0.25, 0.3) is 0 Å². The zero-order valence-electron chi connectivity index (χ0n) is 31.9. The van der Waals surface area contributed by atoms with Crippen molar-refractivity contribution in [2.24, 2.45) is 0 Å². The van der Waals surface area contributed by atoms with Gasteiger partial charge in [0.2, 0.25) is 0 Å². The van der Waals surface area contributed by atoms with Crippen molar-refractivity contribution in [2.75, 3.05) is 7.11 Å². The van der Waals surface area contributed by atoms with Gasteiger partial charge in [-0.25, -0.2) is 9.59 Å². The maximum atomic E-state index is 11.6. The van der Waals surface area contributed by atoms with Gasteiger partial charge in [0.05, 0.1) is 28.1 Å². The van der Waals surface area contributed by atoms with Gasteiger partial charge in [-0.3, -0.25) is 20.2 Å². The summed E-state index contributed by atoms with van der Waals surface area (Å²) in [6.07, 6.45) is 0. The second-order valence-corrected chi connectivity index (χ2v) is 12.6. The molecule has 0 radical (unpaired) electrons. The van der Waals surface area contributed by atoms with Crippen LogP contribution in [0.5, 0.6) is 0 Å². The molecule has 0 saturated heterocycles. The van der Waals surface area contributed by atoms with Gasteiger partial charge in [0.25, 0.3) is 11.4 Å². The van der Waals surface area contributed by atoms with E-state index < -0.39 is 21.8 Å². The molecule has 0 aliphatic carbocycles. The predicted molar refractivity (Wildman–Crippen MR) is 237 cm³/mol. The molecule has 0 unspecified atom stereocenters. The summed E-state index contributed by atoms with van der Waals surface area (Å²) >= 11 is 0. The highest BCUT2D eigenvalue weighted by Gasteiger charge is 2.16. The second kappa shape index (κ2) is 22.3. The Morgan fingerprint density at radius 1 is 0.492 bits per heavy atom. The first-order valence-corrected chi connectivity index (χ1v) is 17.7. The smallest absolute Gasteiger partial charge is 0.337 e. The topological polar surface area (TPSA) is 150 Å². The Bertz CT molecular complexity index is 2820. The first kappa shape index (κ1) is 46.7. The van der Waals surface area contributed by atoms with Gasteiger partial charge in [-0.1, -0.05) is 98.6 Å². The highest BCUT2D eigenvalue weighted by molar-refractivity contribution is 5.89. The lowest BCUT2D eigenvalue weighted by molar-refractivity contribution is -0.385. The van der Waals surface area contributed by atoms with E-state index in [4.69, 9.17) is 5.11 Å². The molecule has 302 valence electrons. The average Bonchev–Trinajstić information content (AvgIpc) is 3.25. The minimum Gasteiger partial charge on any atom is -0.478 e. The summed E-state index contributed by atoms with van der Waals surface area (Å²) in [5.41, 5.74) is 6.50. The SMILES string of the molecule is C.C.COC(=O)c1ccc(C#Cc2cc(C)c(C#Cc3ccccc3)cc2[N+](=O)[O-])cc1.Cc1cc(C#Cc2ccc(C(=O)O)cc2)c([N+](=O)[O-])cc1C#Cc1ccccc1. The Morgan fingerprint density at radius 3 is 1.15 bits per heavy atom. The summed E-state index contributed by atoms with van der Waals surface area (Å²) in [5.74, 6) is 22.0. The van der Waals surface area contributed by atoms with Crippen LogP contribution in [0.2, 0.25) is 0 Å². The summed E-state index contributed by atoms with van der Waals surface area (Å²) < 4.78 is 4.66. The van der Waals surface area contributed by atoms with E-state index in [0.29, 0.717) is 33.4 Å². The molecule has 10 heteroatoms. The van der Waals surface area contributed by atoms with E-state index in [2.05, 4.69) is 52.1 Å². The quantitative estimate of drug-likeness (QED) is 0.0800. The molecule has 6 aromatic rings. The van der Waals surface area contributed by atoms with Crippen molar-refractivity contribution in [1.82, 2.24) is 0 Å². The van der Waals surface area contributed by atoms with Crippen molar-refractivity contribution in [3.8, 4) is 47.4 Å². The average molecular weight is 809 g/mol. The van der Waals surface area contributed by atoms with Crippen LogP contribution in [-0.4, -0.2) is 34.0 Å². The van der Waals surface area contributed by atoms with Crippen LogP contribution < -0.4 is 0 Å². The van der Waals surface area contributed by atoms with Gasteiger partial charge in [-0.15, -0.1) is 0 Å². The molecule has 0 spiro atoms. The van der Waals surface area contributed by atoms with Crippen molar-refractivity contribution < 1.29 is 29.3 Å². The Morgan fingerprint density at radius 2 is 0.820 bits per heavy atom. The molecular weight excluding hydrogens is 769 g/mol. The molecule has 0 aromatic heterocycles. The molecule has 0 amide bonds. The Kier molecular flexibility index (Phi) is 17.1. The van der Waals surface area contributed by atoms with E-state index in [1.165, 1.54) is 31.4 Å². The number of ether oxygens (including phenoxy) is 1.